The number of hydrogen-bond acceptors (Lipinski definition) is 5. The second-order valence-electron chi connectivity index (χ2n) is 8.70. The van der Waals surface area contributed by atoms with Crippen molar-refractivity contribution < 1.29 is 27.4 Å². The third-order valence-corrected chi connectivity index (χ3v) is 13.5. The first-order chi connectivity index (χ1) is 14.6. The van der Waals surface area contributed by atoms with Crippen LogP contribution in [0.3, 0.4) is 0 Å². The number of rotatable bonds is 15. The summed E-state index contributed by atoms with van der Waals surface area (Å²) < 4.78 is 39.0. The van der Waals surface area contributed by atoms with Gasteiger partial charge in [0.2, 0.25) is 0 Å². The van der Waals surface area contributed by atoms with Crippen molar-refractivity contribution in [1.29, 1.82) is 0 Å². The van der Waals surface area contributed by atoms with Gasteiger partial charge in [-0.3, -0.25) is 0 Å². The molecule has 1 rings (SSSR count). The molecular weight excluding hydrogens is 435 g/mol. The summed E-state index contributed by atoms with van der Waals surface area (Å²) in [6.07, 6.45) is 11.4. The van der Waals surface area contributed by atoms with Crippen LogP contribution in [-0.4, -0.2) is 48.7 Å². The third kappa shape index (κ3) is 7.73. The second-order valence-corrected chi connectivity index (χ2v) is 15.8. The number of carbonyl (C=O) groups is 1. The molecule has 0 heterocycles. The van der Waals surface area contributed by atoms with Gasteiger partial charge in [0.25, 0.3) is 0 Å². The van der Waals surface area contributed by atoms with E-state index in [1.807, 2.05) is 0 Å². The molecule has 0 bridgehead atoms. The summed E-state index contributed by atoms with van der Waals surface area (Å²) >= 11 is 0. The number of phenols is 1. The van der Waals surface area contributed by atoms with Crippen molar-refractivity contribution in [3.05, 3.63) is 23.8 Å². The van der Waals surface area contributed by atoms with Crippen molar-refractivity contribution in [3.8, 4) is 5.75 Å². The van der Waals surface area contributed by atoms with Gasteiger partial charge in [-0.05, 0) is 0 Å². The standard InChI is InChI=1S/C23H41O6PS/c1-5-9-15-30(16-10-6-2,17-11-7-3,18-12-8-4)29-23(25)21-19-20(31(26,27)28)13-14-22(21)24/h13-14,19,24H,5-12,15-18H2,1-4H3,(H,26,27,28). The molecular formula is C23H41O6PS. The Balaban J connectivity index is 3.54. The van der Waals surface area contributed by atoms with Gasteiger partial charge in [-0.1, -0.05) is 0 Å². The maximum absolute atomic E-state index is 13.4. The number of carbonyl (C=O) groups excluding carboxylic acids is 1. The van der Waals surface area contributed by atoms with Crippen molar-refractivity contribution in [1.82, 2.24) is 0 Å². The Hall–Kier alpha value is -1.17. The summed E-state index contributed by atoms with van der Waals surface area (Å²) in [5.41, 5.74) is -0.204. The number of benzene rings is 1. The first-order valence-electron chi connectivity index (χ1n) is 11.6. The van der Waals surface area contributed by atoms with Gasteiger partial charge >= 0.3 is 188 Å². The Morgan fingerprint density at radius 2 is 1.29 bits per heavy atom. The first kappa shape index (κ1) is 27.9. The van der Waals surface area contributed by atoms with Gasteiger partial charge in [0, 0.05) is 0 Å². The molecule has 31 heavy (non-hydrogen) atoms. The molecule has 6 nitrogen and oxygen atoms in total. The molecule has 0 aliphatic carbocycles. The van der Waals surface area contributed by atoms with E-state index in [0.717, 1.165) is 94.2 Å². The van der Waals surface area contributed by atoms with Crippen molar-refractivity contribution in [2.75, 3.05) is 24.6 Å². The molecule has 0 amide bonds. The summed E-state index contributed by atoms with van der Waals surface area (Å²) in [6.45, 7) is 5.60. The van der Waals surface area contributed by atoms with Gasteiger partial charge in [0.05, 0.1) is 0 Å². The monoisotopic (exact) mass is 476 g/mol. The van der Waals surface area contributed by atoms with E-state index in [1.54, 1.807) is 0 Å². The summed E-state index contributed by atoms with van der Waals surface area (Å²) in [5.74, 6) is -1.02. The zero-order valence-electron chi connectivity index (χ0n) is 19.6. The van der Waals surface area contributed by atoms with Crippen molar-refractivity contribution >= 4 is 22.9 Å². The molecule has 8 heteroatoms. The van der Waals surface area contributed by atoms with E-state index in [0.29, 0.717) is 0 Å². The summed E-state index contributed by atoms with van der Waals surface area (Å²) in [4.78, 5) is 13.0. The van der Waals surface area contributed by atoms with Gasteiger partial charge in [-0.15, -0.1) is 0 Å². The Morgan fingerprint density at radius 3 is 1.65 bits per heavy atom. The maximum atomic E-state index is 13.4. The van der Waals surface area contributed by atoms with Crippen LogP contribution >= 0.6 is 6.83 Å². The fourth-order valence-corrected chi connectivity index (χ4v) is 11.5. The number of aromatic hydroxyl groups is 1. The van der Waals surface area contributed by atoms with Gasteiger partial charge < -0.3 is 0 Å². The molecule has 0 radical (unpaired) electrons. The predicted octanol–water partition coefficient (Wildman–Crippen LogP) is 6.46. The van der Waals surface area contributed by atoms with Crippen LogP contribution in [0.4, 0.5) is 0 Å². The zero-order chi connectivity index (χ0) is 23.6. The Kier molecular flexibility index (Phi) is 10.9. The van der Waals surface area contributed by atoms with Crippen LogP contribution in [0.1, 0.15) is 89.4 Å². The molecule has 0 aromatic heterocycles. The first-order valence-corrected chi connectivity index (χ1v) is 16.0. The Bertz CT molecular complexity index is 778. The fourth-order valence-electron chi connectivity index (χ4n) is 4.21. The van der Waals surface area contributed by atoms with Gasteiger partial charge in [-0.25, -0.2) is 0 Å². The zero-order valence-corrected chi connectivity index (χ0v) is 21.3. The van der Waals surface area contributed by atoms with E-state index in [1.165, 1.54) is 0 Å². The topological polar surface area (TPSA) is 101 Å². The van der Waals surface area contributed by atoms with Crippen molar-refractivity contribution in [2.45, 2.75) is 84.0 Å². The van der Waals surface area contributed by atoms with Gasteiger partial charge in [-0.2, -0.15) is 0 Å². The average molecular weight is 477 g/mol. The Labute approximate surface area is 188 Å². The third-order valence-electron chi connectivity index (χ3n) is 6.14. The molecule has 2 N–H and O–H groups in total. The molecule has 0 aliphatic heterocycles. The van der Waals surface area contributed by atoms with Crippen LogP contribution < -0.4 is 0 Å². The molecule has 0 aliphatic rings. The van der Waals surface area contributed by atoms with Gasteiger partial charge in [0.1, 0.15) is 0 Å². The summed E-state index contributed by atoms with van der Waals surface area (Å²) in [5, 5.41) is 10.3. The normalized spacial score (nSPS) is 13.5. The number of hydrogen-bond donors (Lipinski definition) is 2. The van der Waals surface area contributed by atoms with E-state index < -0.39 is 27.8 Å². The van der Waals surface area contributed by atoms with Crippen LogP contribution in [0.25, 0.3) is 0 Å². The molecule has 0 unspecified atom stereocenters. The molecule has 0 spiro atoms. The van der Waals surface area contributed by atoms with Gasteiger partial charge in [0.15, 0.2) is 0 Å². The minimum atomic E-state index is -4.50. The molecule has 180 valence electrons. The van der Waals surface area contributed by atoms with E-state index in [9.17, 15) is 22.9 Å². The number of unbranched alkanes of at least 4 members (excludes halogenated alkanes) is 4. The molecule has 0 atom stereocenters. The number of phenolic OH excluding ortho intramolecular Hbond substituents is 1. The van der Waals surface area contributed by atoms with Crippen LogP contribution in [0.5, 0.6) is 5.75 Å². The predicted molar refractivity (Wildman–Crippen MR) is 129 cm³/mol. The quantitative estimate of drug-likeness (QED) is 0.222. The SMILES string of the molecule is CCCCP(CCCC)(CCCC)(CCCC)OC(=O)c1cc(S(=O)(=O)O)ccc1O. The van der Waals surface area contributed by atoms with Crippen LogP contribution in [0, 0.1) is 0 Å². The average Bonchev–Trinajstić information content (AvgIpc) is 2.73. The van der Waals surface area contributed by atoms with Crippen LogP contribution in [0.2, 0.25) is 0 Å². The second kappa shape index (κ2) is 12.2. The van der Waals surface area contributed by atoms with Crippen molar-refractivity contribution in [3.63, 3.8) is 0 Å². The molecule has 1 aromatic carbocycles. The summed E-state index contributed by atoms with van der Waals surface area (Å²) in [7, 11) is -4.50. The minimum absolute atomic E-state index is 0.204. The molecule has 0 fully saturated rings. The van der Waals surface area contributed by atoms with Crippen molar-refractivity contribution in [2.24, 2.45) is 0 Å². The molecule has 0 saturated carbocycles. The summed E-state index contributed by atoms with van der Waals surface area (Å²) in [6, 6.07) is 3.20. The van der Waals surface area contributed by atoms with E-state index in [2.05, 4.69) is 27.7 Å². The van der Waals surface area contributed by atoms with E-state index >= 15 is 0 Å². The molecule has 0 saturated heterocycles. The van der Waals surface area contributed by atoms with E-state index in [4.69, 9.17) is 4.52 Å². The van der Waals surface area contributed by atoms with Crippen LogP contribution in [-0.2, 0) is 14.6 Å². The Morgan fingerprint density at radius 1 is 0.871 bits per heavy atom. The van der Waals surface area contributed by atoms with Crippen LogP contribution in [0.15, 0.2) is 23.1 Å². The molecule has 1 aromatic rings. The van der Waals surface area contributed by atoms with E-state index in [-0.39, 0.29) is 11.3 Å². The fraction of sp³-hybridized carbons (Fsp3) is 0.696.